The molecule has 4 heterocycles. The molecule has 1 aliphatic rings. The van der Waals surface area contributed by atoms with Crippen LogP contribution in [0.15, 0.2) is 71.8 Å². The third kappa shape index (κ3) is 3.34. The van der Waals surface area contributed by atoms with Crippen molar-refractivity contribution >= 4 is 11.0 Å². The van der Waals surface area contributed by atoms with Gasteiger partial charge < -0.3 is 4.42 Å². The van der Waals surface area contributed by atoms with Crippen molar-refractivity contribution in [1.29, 1.82) is 0 Å². The van der Waals surface area contributed by atoms with E-state index in [1.54, 1.807) is 6.33 Å². The number of fused-ring (bicyclic) bond motifs is 1. The molecule has 0 spiro atoms. The lowest BCUT2D eigenvalue weighted by Gasteiger charge is -2.16. The van der Waals surface area contributed by atoms with Crippen LogP contribution < -0.4 is 0 Å². The number of furan rings is 1. The Balaban J connectivity index is 1.35. The average molecular weight is 356 g/mol. The van der Waals surface area contributed by atoms with E-state index in [0.29, 0.717) is 5.92 Å². The maximum atomic E-state index is 5.99. The van der Waals surface area contributed by atoms with Crippen LogP contribution in [-0.4, -0.2) is 32.9 Å². The Hall–Kier alpha value is -3.05. The molecule has 0 N–H and O–H groups in total. The first-order valence-corrected chi connectivity index (χ1v) is 9.26. The first-order valence-electron chi connectivity index (χ1n) is 9.26. The molecule has 134 valence electrons. The van der Waals surface area contributed by atoms with Crippen molar-refractivity contribution in [2.24, 2.45) is 0 Å². The lowest BCUT2D eigenvalue weighted by molar-refractivity contribution is 0.326. The largest absolute Gasteiger partial charge is 0.454 e. The van der Waals surface area contributed by atoms with E-state index in [0.717, 1.165) is 54.0 Å². The molecule has 1 aromatic carbocycles. The Kier molecular flexibility index (Phi) is 4.14. The van der Waals surface area contributed by atoms with Crippen LogP contribution in [0.4, 0.5) is 0 Å². The van der Waals surface area contributed by atoms with E-state index in [4.69, 9.17) is 4.42 Å². The number of nitrogens with zero attached hydrogens (tertiary/aromatic N) is 4. The quantitative estimate of drug-likeness (QED) is 0.546. The van der Waals surface area contributed by atoms with Crippen molar-refractivity contribution in [3.8, 4) is 11.5 Å². The van der Waals surface area contributed by atoms with Crippen LogP contribution in [0, 0.1) is 0 Å². The molecule has 4 aromatic rings. The smallest absolute Gasteiger partial charge is 0.153 e. The first kappa shape index (κ1) is 16.1. The van der Waals surface area contributed by atoms with Gasteiger partial charge in [0.25, 0.3) is 0 Å². The molecule has 5 rings (SSSR count). The Labute approximate surface area is 157 Å². The molecule has 1 aliphatic heterocycles. The molecule has 0 unspecified atom stereocenters. The van der Waals surface area contributed by atoms with Gasteiger partial charge in [-0.25, -0.2) is 9.97 Å². The van der Waals surface area contributed by atoms with Crippen LogP contribution in [0.5, 0.6) is 0 Å². The molecule has 1 fully saturated rings. The van der Waals surface area contributed by atoms with Crippen LogP contribution in [0.3, 0.4) is 0 Å². The van der Waals surface area contributed by atoms with E-state index in [1.807, 2.05) is 36.8 Å². The van der Waals surface area contributed by atoms with Crippen LogP contribution >= 0.6 is 0 Å². The Morgan fingerprint density at radius 2 is 1.96 bits per heavy atom. The van der Waals surface area contributed by atoms with E-state index in [2.05, 4.69) is 44.1 Å². The molecule has 5 heteroatoms. The van der Waals surface area contributed by atoms with E-state index in [1.165, 1.54) is 5.56 Å². The van der Waals surface area contributed by atoms with Gasteiger partial charge in [0.05, 0.1) is 0 Å². The van der Waals surface area contributed by atoms with Crippen LogP contribution in [-0.2, 0) is 6.54 Å². The Morgan fingerprint density at radius 1 is 1.07 bits per heavy atom. The van der Waals surface area contributed by atoms with Crippen molar-refractivity contribution < 1.29 is 4.42 Å². The fourth-order valence-electron chi connectivity index (χ4n) is 3.86. The van der Waals surface area contributed by atoms with Gasteiger partial charge in [-0.3, -0.25) is 9.88 Å². The van der Waals surface area contributed by atoms with Gasteiger partial charge in [0.15, 0.2) is 5.76 Å². The number of rotatable bonds is 4. The van der Waals surface area contributed by atoms with Crippen LogP contribution in [0.1, 0.15) is 23.5 Å². The minimum Gasteiger partial charge on any atom is -0.454 e. The fourth-order valence-corrected chi connectivity index (χ4v) is 3.86. The van der Waals surface area contributed by atoms with Crippen LogP contribution in [0.25, 0.3) is 22.4 Å². The summed E-state index contributed by atoms with van der Waals surface area (Å²) < 4.78 is 5.99. The number of para-hydroxylation sites is 1. The van der Waals surface area contributed by atoms with E-state index < -0.39 is 0 Å². The molecule has 5 nitrogen and oxygen atoms in total. The summed E-state index contributed by atoms with van der Waals surface area (Å²) in [4.78, 5) is 15.2. The van der Waals surface area contributed by atoms with Gasteiger partial charge in [-0.15, -0.1) is 0 Å². The molecule has 0 amide bonds. The summed E-state index contributed by atoms with van der Waals surface area (Å²) in [7, 11) is 0. The second kappa shape index (κ2) is 6.93. The summed E-state index contributed by atoms with van der Waals surface area (Å²) in [6, 6.07) is 14.4. The maximum Gasteiger partial charge on any atom is 0.153 e. The van der Waals surface area contributed by atoms with Gasteiger partial charge in [0.1, 0.15) is 17.6 Å². The van der Waals surface area contributed by atoms with Gasteiger partial charge >= 0.3 is 0 Å². The fraction of sp³-hybridized carbons (Fsp3) is 0.227. The number of hydrogen-bond donors (Lipinski definition) is 0. The molecule has 0 aliphatic carbocycles. The highest BCUT2D eigenvalue weighted by molar-refractivity contribution is 5.82. The summed E-state index contributed by atoms with van der Waals surface area (Å²) in [6.07, 6.45) is 8.41. The molecule has 27 heavy (non-hydrogen) atoms. The minimum absolute atomic E-state index is 0.515. The lowest BCUT2D eigenvalue weighted by atomic mass is 9.98. The Bertz CT molecular complexity index is 1030. The highest BCUT2D eigenvalue weighted by Crippen LogP contribution is 2.32. The summed E-state index contributed by atoms with van der Waals surface area (Å²) in [5.74, 6) is 1.34. The molecule has 0 bridgehead atoms. The zero-order valence-corrected chi connectivity index (χ0v) is 15.0. The van der Waals surface area contributed by atoms with Gasteiger partial charge in [-0.2, -0.15) is 0 Å². The van der Waals surface area contributed by atoms with Crippen molar-refractivity contribution in [1.82, 2.24) is 19.9 Å². The van der Waals surface area contributed by atoms with E-state index >= 15 is 0 Å². The lowest BCUT2D eigenvalue weighted by Crippen LogP contribution is -2.20. The van der Waals surface area contributed by atoms with Gasteiger partial charge in [0, 0.05) is 42.6 Å². The van der Waals surface area contributed by atoms with Crippen molar-refractivity contribution in [2.75, 3.05) is 13.1 Å². The maximum absolute atomic E-state index is 5.99. The highest BCUT2D eigenvalue weighted by Gasteiger charge is 2.24. The molecule has 0 saturated carbocycles. The number of benzene rings is 1. The summed E-state index contributed by atoms with van der Waals surface area (Å²) >= 11 is 0. The normalized spacial score (nSPS) is 17.6. The van der Waals surface area contributed by atoms with Crippen LogP contribution in [0.2, 0.25) is 0 Å². The van der Waals surface area contributed by atoms with Gasteiger partial charge in [0.2, 0.25) is 0 Å². The SMILES string of the molecule is c1ccc2oc(-c3cc([C@H]4CCN(Cc5cncnc5)C4)ccn3)cc2c1. The second-order valence-electron chi connectivity index (χ2n) is 7.09. The molecule has 0 radical (unpaired) electrons. The number of pyridine rings is 1. The van der Waals surface area contributed by atoms with Crippen molar-refractivity contribution in [3.63, 3.8) is 0 Å². The number of likely N-dealkylation sites (tertiary alicyclic amines) is 1. The topological polar surface area (TPSA) is 55.1 Å². The average Bonchev–Trinajstić information content (AvgIpc) is 3.36. The van der Waals surface area contributed by atoms with E-state index in [9.17, 15) is 0 Å². The van der Waals surface area contributed by atoms with Gasteiger partial charge in [-0.05, 0) is 48.7 Å². The predicted octanol–water partition coefficient (Wildman–Crippen LogP) is 4.27. The first-order chi connectivity index (χ1) is 13.3. The molecule has 1 atom stereocenters. The van der Waals surface area contributed by atoms with Crippen molar-refractivity contribution in [2.45, 2.75) is 18.9 Å². The van der Waals surface area contributed by atoms with E-state index in [-0.39, 0.29) is 0 Å². The highest BCUT2D eigenvalue weighted by atomic mass is 16.3. The molecular formula is C22H20N4O. The third-order valence-corrected chi connectivity index (χ3v) is 5.23. The second-order valence-corrected chi connectivity index (χ2v) is 7.09. The minimum atomic E-state index is 0.515. The van der Waals surface area contributed by atoms with Crippen molar-refractivity contribution in [3.05, 3.63) is 78.5 Å². The predicted molar refractivity (Wildman–Crippen MR) is 104 cm³/mol. The molecule has 1 saturated heterocycles. The monoisotopic (exact) mass is 356 g/mol. The van der Waals surface area contributed by atoms with Gasteiger partial charge in [-0.1, -0.05) is 18.2 Å². The number of aromatic nitrogens is 3. The molecule has 3 aromatic heterocycles. The molecular weight excluding hydrogens is 336 g/mol. The summed E-state index contributed by atoms with van der Waals surface area (Å²) in [6.45, 7) is 3.03. The zero-order chi connectivity index (χ0) is 18.1. The number of hydrogen-bond acceptors (Lipinski definition) is 5. The standard InChI is InChI=1S/C22H20N4O/c1-2-4-21-18(3-1)10-22(27-21)20-9-17(5-7-25-20)19-6-8-26(14-19)13-16-11-23-15-24-12-16/h1-5,7,9-12,15,19H,6,8,13-14H2/t19-/m0/s1. The third-order valence-electron chi connectivity index (χ3n) is 5.23. The Morgan fingerprint density at radius 3 is 2.85 bits per heavy atom. The zero-order valence-electron chi connectivity index (χ0n) is 15.0. The summed E-state index contributed by atoms with van der Waals surface area (Å²) in [5.41, 5.74) is 4.29. The summed E-state index contributed by atoms with van der Waals surface area (Å²) in [5, 5.41) is 1.11.